The van der Waals surface area contributed by atoms with Gasteiger partial charge in [0, 0.05) is 0 Å². The lowest BCUT2D eigenvalue weighted by Gasteiger charge is -2.20. The van der Waals surface area contributed by atoms with Gasteiger partial charge in [0.05, 0.1) is 36.6 Å². The van der Waals surface area contributed by atoms with Crippen LogP contribution in [0.1, 0.15) is 47.4 Å². The highest BCUT2D eigenvalue weighted by molar-refractivity contribution is 6.37. The molecule has 0 aliphatic heterocycles. The first-order valence-corrected chi connectivity index (χ1v) is 7.71. The van der Waals surface area contributed by atoms with Crippen LogP contribution in [0.25, 0.3) is 0 Å². The number of rotatable bonds is 6. The van der Waals surface area contributed by atoms with Crippen LogP contribution in [-0.2, 0) is 0 Å². The van der Waals surface area contributed by atoms with Crippen molar-refractivity contribution in [3.8, 4) is 11.5 Å². The van der Waals surface area contributed by atoms with Crippen LogP contribution in [-0.4, -0.2) is 36.7 Å². The second kappa shape index (κ2) is 7.29. The van der Waals surface area contributed by atoms with E-state index in [9.17, 15) is 14.8 Å². The Labute approximate surface area is 140 Å². The normalized spacial score (nSPS) is 14.5. The fraction of sp³-hybridized carbons (Fsp3) is 0.389. The largest absolute Gasteiger partial charge is 0.496 e. The van der Waals surface area contributed by atoms with Crippen molar-refractivity contribution < 1.29 is 24.3 Å². The van der Waals surface area contributed by atoms with Crippen molar-refractivity contribution in [1.82, 2.24) is 0 Å². The molecule has 24 heavy (non-hydrogen) atoms. The quantitative estimate of drug-likeness (QED) is 0.491. The number of ether oxygens (including phenoxy) is 2. The van der Waals surface area contributed by atoms with E-state index in [0.29, 0.717) is 18.1 Å². The van der Waals surface area contributed by atoms with E-state index in [1.54, 1.807) is 12.1 Å². The number of carbonyl (C=O) groups is 2. The molecule has 0 aromatic heterocycles. The number of methoxy groups -OCH3 is 2. The Morgan fingerprint density at radius 3 is 2.21 bits per heavy atom. The SMILES string of the molecule is COc1ccc(OC)c2c1C(=O)C=C(C(CCC(C)C)=NO)C2=O. The van der Waals surface area contributed by atoms with Crippen LogP contribution >= 0.6 is 0 Å². The lowest BCUT2D eigenvalue weighted by atomic mass is 9.84. The van der Waals surface area contributed by atoms with Crippen LogP contribution < -0.4 is 9.47 Å². The summed E-state index contributed by atoms with van der Waals surface area (Å²) in [4.78, 5) is 25.5. The summed E-state index contributed by atoms with van der Waals surface area (Å²) in [6.07, 6.45) is 2.35. The van der Waals surface area contributed by atoms with E-state index < -0.39 is 5.78 Å². The Hall–Kier alpha value is -2.63. The van der Waals surface area contributed by atoms with Gasteiger partial charge in [-0.3, -0.25) is 9.59 Å². The van der Waals surface area contributed by atoms with E-state index >= 15 is 0 Å². The first kappa shape index (κ1) is 17.7. The summed E-state index contributed by atoms with van der Waals surface area (Å²) in [6, 6.07) is 3.16. The smallest absolute Gasteiger partial charge is 0.199 e. The van der Waals surface area contributed by atoms with Gasteiger partial charge in [-0.05, 0) is 37.0 Å². The predicted molar refractivity (Wildman–Crippen MR) is 89.6 cm³/mol. The number of ketones is 2. The summed E-state index contributed by atoms with van der Waals surface area (Å²) in [5, 5.41) is 12.5. The fourth-order valence-electron chi connectivity index (χ4n) is 2.66. The van der Waals surface area contributed by atoms with Crippen LogP contribution in [0.4, 0.5) is 0 Å². The molecule has 0 fully saturated rings. The van der Waals surface area contributed by atoms with Crippen molar-refractivity contribution in [2.75, 3.05) is 14.2 Å². The first-order valence-electron chi connectivity index (χ1n) is 7.71. The zero-order valence-corrected chi connectivity index (χ0v) is 14.3. The second-order valence-electron chi connectivity index (χ2n) is 5.95. The maximum absolute atomic E-state index is 12.9. The van der Waals surface area contributed by atoms with E-state index in [1.165, 1.54) is 20.3 Å². The third-order valence-corrected chi connectivity index (χ3v) is 3.95. The summed E-state index contributed by atoms with van der Waals surface area (Å²) in [6.45, 7) is 4.06. The van der Waals surface area contributed by atoms with E-state index in [4.69, 9.17) is 9.47 Å². The number of carbonyl (C=O) groups excluding carboxylic acids is 2. The average molecular weight is 331 g/mol. The highest BCUT2D eigenvalue weighted by Crippen LogP contribution is 2.36. The summed E-state index contributed by atoms with van der Waals surface area (Å²) >= 11 is 0. The van der Waals surface area contributed by atoms with Crippen molar-refractivity contribution in [3.05, 3.63) is 34.9 Å². The number of benzene rings is 1. The first-order chi connectivity index (χ1) is 11.4. The van der Waals surface area contributed by atoms with Crippen LogP contribution in [0.2, 0.25) is 0 Å². The molecule has 1 aromatic rings. The minimum atomic E-state index is -0.406. The molecule has 0 atom stereocenters. The van der Waals surface area contributed by atoms with Gasteiger partial charge in [-0.15, -0.1) is 0 Å². The summed E-state index contributed by atoms with van der Waals surface area (Å²) in [5.74, 6) is 0.191. The Kier molecular flexibility index (Phi) is 5.39. The zero-order chi connectivity index (χ0) is 17.9. The summed E-state index contributed by atoms with van der Waals surface area (Å²) < 4.78 is 10.4. The molecule has 1 aliphatic carbocycles. The minimum Gasteiger partial charge on any atom is -0.496 e. The van der Waals surface area contributed by atoms with Gasteiger partial charge in [0.1, 0.15) is 11.5 Å². The lowest BCUT2D eigenvalue weighted by molar-refractivity contribution is 0.0983. The number of Topliss-reactive ketones (excluding diaryl/α,β-unsaturated/α-hetero) is 1. The molecule has 1 N–H and O–H groups in total. The van der Waals surface area contributed by atoms with Crippen LogP contribution in [0.3, 0.4) is 0 Å². The molecule has 6 nitrogen and oxygen atoms in total. The topological polar surface area (TPSA) is 85.2 Å². The fourth-order valence-corrected chi connectivity index (χ4v) is 2.66. The molecule has 0 heterocycles. The van der Waals surface area contributed by atoms with Gasteiger partial charge in [-0.25, -0.2) is 0 Å². The highest BCUT2D eigenvalue weighted by atomic mass is 16.5. The Morgan fingerprint density at radius 1 is 1.12 bits per heavy atom. The van der Waals surface area contributed by atoms with Gasteiger partial charge in [0.25, 0.3) is 0 Å². The number of allylic oxidation sites excluding steroid dienone is 2. The molecule has 0 saturated carbocycles. The van der Waals surface area contributed by atoms with Crippen molar-refractivity contribution in [1.29, 1.82) is 0 Å². The van der Waals surface area contributed by atoms with Crippen molar-refractivity contribution in [3.63, 3.8) is 0 Å². The second-order valence-corrected chi connectivity index (χ2v) is 5.95. The number of hydrogen-bond donors (Lipinski definition) is 1. The molecule has 0 saturated heterocycles. The van der Waals surface area contributed by atoms with Gasteiger partial charge < -0.3 is 14.7 Å². The molecule has 0 unspecified atom stereocenters. The predicted octanol–water partition coefficient (Wildman–Crippen LogP) is 3.28. The third kappa shape index (κ3) is 3.18. The molecule has 0 amide bonds. The standard InChI is InChI=1S/C18H21NO5/c1-10(2)5-6-12(19-22)11-9-13(20)16-14(23-3)7-8-15(24-4)17(16)18(11)21/h7-10,22H,5-6H2,1-4H3. The molecule has 0 spiro atoms. The van der Waals surface area contributed by atoms with Crippen molar-refractivity contribution in [2.24, 2.45) is 11.1 Å². The van der Waals surface area contributed by atoms with Gasteiger partial charge in [0.15, 0.2) is 11.6 Å². The number of oxime groups is 1. The molecular formula is C18H21NO5. The van der Waals surface area contributed by atoms with Crippen LogP contribution in [0.5, 0.6) is 11.5 Å². The molecular weight excluding hydrogens is 310 g/mol. The molecule has 1 aromatic carbocycles. The monoisotopic (exact) mass is 331 g/mol. The van der Waals surface area contributed by atoms with E-state index in [-0.39, 0.29) is 33.9 Å². The third-order valence-electron chi connectivity index (χ3n) is 3.95. The van der Waals surface area contributed by atoms with E-state index in [0.717, 1.165) is 6.42 Å². The molecule has 2 rings (SSSR count). The lowest BCUT2D eigenvalue weighted by Crippen LogP contribution is -2.24. The van der Waals surface area contributed by atoms with Crippen LogP contribution in [0.15, 0.2) is 28.9 Å². The summed E-state index contributed by atoms with van der Waals surface area (Å²) in [5.41, 5.74) is 0.622. The van der Waals surface area contributed by atoms with Crippen LogP contribution in [0, 0.1) is 5.92 Å². The van der Waals surface area contributed by atoms with Gasteiger partial charge in [0.2, 0.25) is 0 Å². The van der Waals surface area contributed by atoms with E-state index in [2.05, 4.69) is 5.16 Å². The Morgan fingerprint density at radius 2 is 1.71 bits per heavy atom. The molecule has 128 valence electrons. The van der Waals surface area contributed by atoms with E-state index in [1.807, 2.05) is 13.8 Å². The maximum atomic E-state index is 12.9. The maximum Gasteiger partial charge on any atom is 0.199 e. The zero-order valence-electron chi connectivity index (χ0n) is 14.3. The highest BCUT2D eigenvalue weighted by Gasteiger charge is 2.34. The minimum absolute atomic E-state index is 0.0993. The van der Waals surface area contributed by atoms with Gasteiger partial charge in [-0.2, -0.15) is 0 Å². The van der Waals surface area contributed by atoms with Crippen molar-refractivity contribution in [2.45, 2.75) is 26.7 Å². The van der Waals surface area contributed by atoms with Crippen molar-refractivity contribution >= 4 is 17.3 Å². The number of hydrogen-bond acceptors (Lipinski definition) is 6. The molecule has 0 radical (unpaired) electrons. The Balaban J connectivity index is 2.53. The van der Waals surface area contributed by atoms with Gasteiger partial charge in [-0.1, -0.05) is 19.0 Å². The number of fused-ring (bicyclic) bond motifs is 1. The molecule has 6 heteroatoms. The van der Waals surface area contributed by atoms with Gasteiger partial charge >= 0.3 is 0 Å². The number of nitrogens with zero attached hydrogens (tertiary/aromatic N) is 1. The summed E-state index contributed by atoms with van der Waals surface area (Å²) in [7, 11) is 2.86. The molecule has 0 bridgehead atoms. The average Bonchev–Trinajstić information content (AvgIpc) is 2.57. The molecule has 1 aliphatic rings. The Bertz CT molecular complexity index is 731.